The van der Waals surface area contributed by atoms with Gasteiger partial charge >= 0.3 is 5.97 Å². The van der Waals surface area contributed by atoms with Crippen LogP contribution >= 0.6 is 0 Å². The number of aryl methyl sites for hydroxylation is 1. The first-order valence-electron chi connectivity index (χ1n) is 11.9. The number of ether oxygens (including phenoxy) is 1. The summed E-state index contributed by atoms with van der Waals surface area (Å²) in [5.41, 5.74) is 2.13. The van der Waals surface area contributed by atoms with Crippen molar-refractivity contribution in [1.82, 2.24) is 9.79 Å². The summed E-state index contributed by atoms with van der Waals surface area (Å²) in [5.74, 6) is -0.229. The van der Waals surface area contributed by atoms with Gasteiger partial charge in [0, 0.05) is 19.1 Å². The lowest BCUT2D eigenvalue weighted by Crippen LogP contribution is -2.36. The molecule has 0 saturated carbocycles. The van der Waals surface area contributed by atoms with Crippen molar-refractivity contribution in [2.75, 3.05) is 20.3 Å². The first-order valence-corrected chi connectivity index (χ1v) is 13.4. The average molecular weight is 491 g/mol. The molecule has 0 aliphatic carbocycles. The van der Waals surface area contributed by atoms with E-state index in [1.54, 1.807) is 38.3 Å². The Morgan fingerprint density at radius 2 is 1.68 bits per heavy atom. The molecule has 1 unspecified atom stereocenters. The summed E-state index contributed by atoms with van der Waals surface area (Å²) in [7, 11) is -1.84. The van der Waals surface area contributed by atoms with Crippen LogP contribution in [0, 0.1) is 6.92 Å². The Labute approximate surface area is 204 Å². The molecule has 0 bridgehead atoms. The molecule has 1 N–H and O–H groups in total. The third kappa shape index (κ3) is 9.93. The number of hydroxylamine groups is 2. The van der Waals surface area contributed by atoms with E-state index in [2.05, 4.69) is 4.72 Å². The molecular formula is C26H38N2O5S. The largest absolute Gasteiger partial charge is 0.466 e. The van der Waals surface area contributed by atoms with E-state index in [1.165, 1.54) is 0 Å². The smallest absolute Gasteiger partial charge is 0.307 e. The lowest BCUT2D eigenvalue weighted by molar-refractivity contribution is -0.180. The van der Waals surface area contributed by atoms with Gasteiger partial charge in [-0.2, -0.15) is 5.06 Å². The maximum absolute atomic E-state index is 12.4. The number of carbonyl (C=O) groups excluding carboxylic acids is 1. The summed E-state index contributed by atoms with van der Waals surface area (Å²) in [6, 6.07) is 16.7. The number of carbonyl (C=O) groups is 1. The van der Waals surface area contributed by atoms with Crippen molar-refractivity contribution >= 4 is 16.0 Å². The number of benzene rings is 2. The number of unbranched alkanes of at least 4 members (excludes halogenated alkanes) is 3. The molecule has 0 amide bonds. The fourth-order valence-electron chi connectivity index (χ4n) is 3.73. The van der Waals surface area contributed by atoms with Gasteiger partial charge in [0.2, 0.25) is 10.0 Å². The Hall–Kier alpha value is -2.26. The highest BCUT2D eigenvalue weighted by Gasteiger charge is 2.22. The SMILES string of the molecule is CCOC(=O)CC(CCCCCCNS(=O)(=O)c1ccc(C)cc1)N(Cc1ccccc1)OC. The van der Waals surface area contributed by atoms with Crippen molar-refractivity contribution in [1.29, 1.82) is 0 Å². The van der Waals surface area contributed by atoms with Crippen LogP contribution in [0.2, 0.25) is 0 Å². The van der Waals surface area contributed by atoms with E-state index in [9.17, 15) is 13.2 Å². The Balaban J connectivity index is 1.79. The third-order valence-corrected chi connectivity index (χ3v) is 7.10. The molecule has 0 spiro atoms. The van der Waals surface area contributed by atoms with E-state index in [0.717, 1.165) is 43.2 Å². The van der Waals surface area contributed by atoms with Crippen LogP contribution in [0.3, 0.4) is 0 Å². The zero-order valence-corrected chi connectivity index (χ0v) is 21.4. The molecule has 2 aromatic carbocycles. The highest BCUT2D eigenvalue weighted by Crippen LogP contribution is 2.18. The fraction of sp³-hybridized carbons (Fsp3) is 0.500. The number of nitrogens with zero attached hydrogens (tertiary/aromatic N) is 1. The molecule has 0 fully saturated rings. The van der Waals surface area contributed by atoms with Gasteiger partial charge in [-0.05, 0) is 44.4 Å². The molecule has 1 atom stereocenters. The number of hydrogen-bond acceptors (Lipinski definition) is 6. The number of rotatable bonds is 16. The number of sulfonamides is 1. The monoisotopic (exact) mass is 490 g/mol. The summed E-state index contributed by atoms with van der Waals surface area (Å²) >= 11 is 0. The third-order valence-electron chi connectivity index (χ3n) is 5.62. The highest BCUT2D eigenvalue weighted by atomic mass is 32.2. The summed E-state index contributed by atoms with van der Waals surface area (Å²) < 4.78 is 32.6. The molecule has 8 heteroatoms. The second kappa shape index (κ2) is 14.9. The standard InChI is InChI=1S/C26H38N2O5S/c1-4-33-26(29)20-24(28(32-3)21-23-12-8-7-9-13-23)14-10-5-6-11-19-27-34(30,31)25-17-15-22(2)16-18-25/h7-9,12-13,15-18,24,27H,4-6,10-11,14,19-21H2,1-3H3. The highest BCUT2D eigenvalue weighted by molar-refractivity contribution is 7.89. The number of nitrogens with one attached hydrogen (secondary N) is 1. The van der Waals surface area contributed by atoms with Crippen LogP contribution in [0.1, 0.15) is 56.6 Å². The van der Waals surface area contributed by atoms with Crippen molar-refractivity contribution in [3.8, 4) is 0 Å². The molecule has 7 nitrogen and oxygen atoms in total. The molecule has 0 aromatic heterocycles. The van der Waals surface area contributed by atoms with Gasteiger partial charge in [0.25, 0.3) is 0 Å². The minimum atomic E-state index is -3.47. The number of hydrogen-bond donors (Lipinski definition) is 1. The van der Waals surface area contributed by atoms with Gasteiger partial charge in [0.1, 0.15) is 0 Å². The Morgan fingerprint density at radius 3 is 2.32 bits per heavy atom. The van der Waals surface area contributed by atoms with Crippen LogP contribution in [0.5, 0.6) is 0 Å². The first kappa shape index (κ1) is 28.0. The average Bonchev–Trinajstić information content (AvgIpc) is 2.82. The quantitative estimate of drug-likeness (QED) is 0.210. The van der Waals surface area contributed by atoms with E-state index < -0.39 is 10.0 Å². The summed E-state index contributed by atoms with van der Waals surface area (Å²) in [5, 5.41) is 1.85. The maximum atomic E-state index is 12.4. The van der Waals surface area contributed by atoms with Crippen LogP contribution in [-0.4, -0.2) is 45.8 Å². The zero-order chi connectivity index (χ0) is 24.8. The zero-order valence-electron chi connectivity index (χ0n) is 20.5. The molecule has 2 rings (SSSR count). The van der Waals surface area contributed by atoms with Gasteiger partial charge in [-0.25, -0.2) is 13.1 Å². The predicted octanol–water partition coefficient (Wildman–Crippen LogP) is 4.61. The van der Waals surface area contributed by atoms with Crippen molar-refractivity contribution in [3.05, 3.63) is 65.7 Å². The summed E-state index contributed by atoms with van der Waals surface area (Å²) in [6.07, 6.45) is 4.55. The lowest BCUT2D eigenvalue weighted by Gasteiger charge is -2.29. The molecule has 2 aromatic rings. The number of esters is 1. The second-order valence-corrected chi connectivity index (χ2v) is 10.1. The Kier molecular flexibility index (Phi) is 12.2. The van der Waals surface area contributed by atoms with E-state index in [-0.39, 0.29) is 23.3 Å². The van der Waals surface area contributed by atoms with Gasteiger partial charge in [-0.3, -0.25) is 4.79 Å². The lowest BCUT2D eigenvalue weighted by atomic mass is 10.0. The molecule has 0 radical (unpaired) electrons. The fourth-order valence-corrected chi connectivity index (χ4v) is 4.81. The Morgan fingerprint density at radius 1 is 1.00 bits per heavy atom. The normalized spacial score (nSPS) is 12.6. The topological polar surface area (TPSA) is 84.9 Å². The van der Waals surface area contributed by atoms with Gasteiger partial charge in [0.15, 0.2) is 0 Å². The first-order chi connectivity index (χ1) is 16.4. The van der Waals surface area contributed by atoms with Crippen molar-refractivity contribution in [2.24, 2.45) is 0 Å². The van der Waals surface area contributed by atoms with Crippen LogP contribution in [-0.2, 0) is 30.9 Å². The summed E-state index contributed by atoms with van der Waals surface area (Å²) in [6.45, 7) is 5.07. The Bertz CT molecular complexity index is 949. The molecular weight excluding hydrogens is 452 g/mol. The van der Waals surface area contributed by atoms with Crippen molar-refractivity contribution in [2.45, 2.75) is 69.9 Å². The molecule has 0 aliphatic rings. The second-order valence-electron chi connectivity index (χ2n) is 8.32. The summed E-state index contributed by atoms with van der Waals surface area (Å²) in [4.78, 5) is 18.1. The molecule has 34 heavy (non-hydrogen) atoms. The minimum Gasteiger partial charge on any atom is -0.466 e. The van der Waals surface area contributed by atoms with E-state index in [4.69, 9.17) is 9.57 Å². The maximum Gasteiger partial charge on any atom is 0.307 e. The van der Waals surface area contributed by atoms with Gasteiger partial charge < -0.3 is 9.57 Å². The molecule has 188 valence electrons. The van der Waals surface area contributed by atoms with E-state index >= 15 is 0 Å². The minimum absolute atomic E-state index is 0.0932. The van der Waals surface area contributed by atoms with Crippen LogP contribution in [0.4, 0.5) is 0 Å². The van der Waals surface area contributed by atoms with E-state index in [0.29, 0.717) is 19.7 Å². The van der Waals surface area contributed by atoms with E-state index in [1.807, 2.05) is 42.3 Å². The van der Waals surface area contributed by atoms with Crippen molar-refractivity contribution < 1.29 is 22.8 Å². The molecule has 0 saturated heterocycles. The predicted molar refractivity (Wildman–Crippen MR) is 133 cm³/mol. The van der Waals surface area contributed by atoms with Crippen LogP contribution < -0.4 is 4.72 Å². The van der Waals surface area contributed by atoms with Crippen LogP contribution in [0.25, 0.3) is 0 Å². The van der Waals surface area contributed by atoms with Crippen LogP contribution in [0.15, 0.2) is 59.5 Å². The van der Waals surface area contributed by atoms with Gasteiger partial charge in [-0.15, -0.1) is 0 Å². The molecule has 0 heterocycles. The van der Waals surface area contributed by atoms with Gasteiger partial charge in [0.05, 0.1) is 25.0 Å². The van der Waals surface area contributed by atoms with Gasteiger partial charge in [-0.1, -0.05) is 67.3 Å². The van der Waals surface area contributed by atoms with Crippen molar-refractivity contribution in [3.63, 3.8) is 0 Å². The molecule has 0 aliphatic heterocycles.